The predicted molar refractivity (Wildman–Crippen MR) is 52.2 cm³/mol. The maximum absolute atomic E-state index is 5.59. The molecule has 0 unspecified atom stereocenters. The van der Waals surface area contributed by atoms with Crippen LogP contribution in [0.5, 0.6) is 12.0 Å². The van der Waals surface area contributed by atoms with Crippen molar-refractivity contribution in [2.24, 2.45) is 0 Å². The zero-order valence-electron chi connectivity index (χ0n) is 7.54. The van der Waals surface area contributed by atoms with Gasteiger partial charge in [0.15, 0.2) is 0 Å². The molecule has 1 aromatic heterocycles. The second-order valence-corrected chi connectivity index (χ2v) is 2.98. The quantitative estimate of drug-likeness (QED) is 0.575. The fourth-order valence-electron chi connectivity index (χ4n) is 0.689. The van der Waals surface area contributed by atoms with Crippen LogP contribution in [0.1, 0.15) is 6.42 Å². The van der Waals surface area contributed by atoms with Crippen LogP contribution in [-0.4, -0.2) is 34.5 Å². The van der Waals surface area contributed by atoms with Crippen LogP contribution in [0.25, 0.3) is 0 Å². The molecule has 1 rings (SSSR count). The Morgan fingerprint density at radius 3 is 2.57 bits per heavy atom. The Labute approximate surface area is 91.4 Å². The largest absolute Gasteiger partial charge is 0.467 e. The molecule has 1 heterocycles. The van der Waals surface area contributed by atoms with Gasteiger partial charge in [-0.15, -0.1) is 16.6 Å². The standard InChI is InChI=1S/C7H9Cl2N3O2/c1-13-6-10-5(9)11-7(12-6)14-4-2-3-8/h2-4H2,1H3. The molecule has 1 aromatic rings. The van der Waals surface area contributed by atoms with Crippen LogP contribution in [0.2, 0.25) is 5.28 Å². The lowest BCUT2D eigenvalue weighted by molar-refractivity contribution is 0.281. The Hall–Kier alpha value is -0.810. The van der Waals surface area contributed by atoms with Crippen LogP contribution in [-0.2, 0) is 0 Å². The van der Waals surface area contributed by atoms with Gasteiger partial charge >= 0.3 is 12.0 Å². The van der Waals surface area contributed by atoms with Gasteiger partial charge in [-0.1, -0.05) is 0 Å². The summed E-state index contributed by atoms with van der Waals surface area (Å²) >= 11 is 11.1. The molecule has 0 bridgehead atoms. The molecule has 0 radical (unpaired) electrons. The maximum atomic E-state index is 5.59. The summed E-state index contributed by atoms with van der Waals surface area (Å²) in [5.74, 6) is 0.524. The Morgan fingerprint density at radius 2 is 1.93 bits per heavy atom. The second kappa shape index (κ2) is 5.82. The molecule has 0 aliphatic rings. The van der Waals surface area contributed by atoms with Crippen molar-refractivity contribution in [3.63, 3.8) is 0 Å². The molecule has 0 aliphatic carbocycles. The molecule has 0 fully saturated rings. The van der Waals surface area contributed by atoms with Gasteiger partial charge in [0.2, 0.25) is 5.28 Å². The number of ether oxygens (including phenoxy) is 2. The van der Waals surface area contributed by atoms with Gasteiger partial charge in [0.25, 0.3) is 0 Å². The Balaban J connectivity index is 2.62. The first-order chi connectivity index (χ1) is 6.76. The molecule has 0 saturated heterocycles. The van der Waals surface area contributed by atoms with Gasteiger partial charge in [0.1, 0.15) is 0 Å². The molecular weight excluding hydrogens is 229 g/mol. The molecule has 0 amide bonds. The smallest absolute Gasteiger partial charge is 0.323 e. The normalized spacial score (nSPS) is 9.93. The van der Waals surface area contributed by atoms with Crippen molar-refractivity contribution in [1.82, 2.24) is 15.0 Å². The number of rotatable bonds is 5. The fraction of sp³-hybridized carbons (Fsp3) is 0.571. The van der Waals surface area contributed by atoms with Gasteiger partial charge < -0.3 is 9.47 Å². The van der Waals surface area contributed by atoms with Gasteiger partial charge in [0, 0.05) is 5.88 Å². The molecule has 14 heavy (non-hydrogen) atoms. The van der Waals surface area contributed by atoms with E-state index >= 15 is 0 Å². The van der Waals surface area contributed by atoms with Crippen LogP contribution in [0.4, 0.5) is 0 Å². The SMILES string of the molecule is COc1nc(Cl)nc(OCCCCl)n1. The summed E-state index contributed by atoms with van der Waals surface area (Å²) in [6.07, 6.45) is 0.715. The van der Waals surface area contributed by atoms with E-state index in [-0.39, 0.29) is 17.3 Å². The predicted octanol–water partition coefficient (Wildman–Crippen LogP) is 1.54. The van der Waals surface area contributed by atoms with Crippen LogP contribution in [0.3, 0.4) is 0 Å². The lowest BCUT2D eigenvalue weighted by Crippen LogP contribution is -2.04. The van der Waals surface area contributed by atoms with E-state index in [0.29, 0.717) is 18.9 Å². The summed E-state index contributed by atoms with van der Waals surface area (Å²) in [6, 6.07) is 0.276. The minimum atomic E-state index is 0.0396. The molecule has 0 spiro atoms. The van der Waals surface area contributed by atoms with Crippen molar-refractivity contribution in [2.75, 3.05) is 19.6 Å². The summed E-state index contributed by atoms with van der Waals surface area (Å²) in [4.78, 5) is 11.3. The number of hydrogen-bond acceptors (Lipinski definition) is 5. The lowest BCUT2D eigenvalue weighted by atomic mass is 10.5. The van der Waals surface area contributed by atoms with Gasteiger partial charge in [-0.3, -0.25) is 0 Å². The number of nitrogens with zero attached hydrogens (tertiary/aromatic N) is 3. The molecule has 0 aliphatic heterocycles. The number of aromatic nitrogens is 3. The highest BCUT2D eigenvalue weighted by Crippen LogP contribution is 2.12. The highest BCUT2D eigenvalue weighted by Gasteiger charge is 2.05. The minimum absolute atomic E-state index is 0.0396. The average molecular weight is 238 g/mol. The van der Waals surface area contributed by atoms with Crippen molar-refractivity contribution in [3.05, 3.63) is 5.28 Å². The van der Waals surface area contributed by atoms with Gasteiger partial charge in [-0.25, -0.2) is 0 Å². The van der Waals surface area contributed by atoms with Crippen LogP contribution in [0.15, 0.2) is 0 Å². The maximum Gasteiger partial charge on any atom is 0.323 e. The number of hydrogen-bond donors (Lipinski definition) is 0. The summed E-state index contributed by atoms with van der Waals surface area (Å²) in [6.45, 7) is 0.437. The first kappa shape index (κ1) is 11.3. The molecule has 0 aromatic carbocycles. The Bertz CT molecular complexity index is 298. The lowest BCUT2D eigenvalue weighted by Gasteiger charge is -2.03. The summed E-state index contributed by atoms with van der Waals surface area (Å²) < 4.78 is 9.95. The van der Waals surface area contributed by atoms with Gasteiger partial charge in [-0.05, 0) is 18.0 Å². The molecule has 0 saturated carbocycles. The van der Waals surface area contributed by atoms with Crippen molar-refractivity contribution in [3.8, 4) is 12.0 Å². The van der Waals surface area contributed by atoms with Crippen molar-refractivity contribution >= 4 is 23.2 Å². The van der Waals surface area contributed by atoms with Crippen molar-refractivity contribution in [1.29, 1.82) is 0 Å². The van der Waals surface area contributed by atoms with Crippen LogP contribution < -0.4 is 9.47 Å². The molecule has 0 N–H and O–H groups in total. The van der Waals surface area contributed by atoms with E-state index in [4.69, 9.17) is 32.7 Å². The Morgan fingerprint density at radius 1 is 1.21 bits per heavy atom. The first-order valence-electron chi connectivity index (χ1n) is 3.90. The number of halogens is 2. The van der Waals surface area contributed by atoms with Gasteiger partial charge in [0.05, 0.1) is 13.7 Å². The van der Waals surface area contributed by atoms with Crippen molar-refractivity contribution in [2.45, 2.75) is 6.42 Å². The fourth-order valence-corrected chi connectivity index (χ4v) is 0.942. The van der Waals surface area contributed by atoms with E-state index < -0.39 is 0 Å². The van der Waals surface area contributed by atoms with E-state index in [1.807, 2.05) is 0 Å². The molecular formula is C7H9Cl2N3O2. The third-order valence-corrected chi connectivity index (χ3v) is 1.70. The zero-order chi connectivity index (χ0) is 10.4. The van der Waals surface area contributed by atoms with Crippen LogP contribution in [0, 0.1) is 0 Å². The van der Waals surface area contributed by atoms with Gasteiger partial charge in [-0.2, -0.15) is 9.97 Å². The molecule has 7 heteroatoms. The molecule has 5 nitrogen and oxygen atoms in total. The third kappa shape index (κ3) is 3.51. The molecule has 78 valence electrons. The molecule has 0 atom stereocenters. The summed E-state index contributed by atoms with van der Waals surface area (Å²) in [5, 5.41) is 0.0396. The van der Waals surface area contributed by atoms with E-state index in [0.717, 1.165) is 0 Å². The highest BCUT2D eigenvalue weighted by atomic mass is 35.5. The third-order valence-electron chi connectivity index (χ3n) is 1.26. The van der Waals surface area contributed by atoms with Crippen molar-refractivity contribution < 1.29 is 9.47 Å². The average Bonchev–Trinajstić information content (AvgIpc) is 2.17. The minimum Gasteiger partial charge on any atom is -0.467 e. The second-order valence-electron chi connectivity index (χ2n) is 2.26. The number of alkyl halides is 1. The zero-order valence-corrected chi connectivity index (χ0v) is 9.05. The van der Waals surface area contributed by atoms with E-state index in [2.05, 4.69) is 15.0 Å². The van der Waals surface area contributed by atoms with E-state index in [1.165, 1.54) is 7.11 Å². The monoisotopic (exact) mass is 237 g/mol. The number of methoxy groups -OCH3 is 1. The highest BCUT2D eigenvalue weighted by molar-refractivity contribution is 6.28. The summed E-state index contributed by atoms with van der Waals surface area (Å²) in [7, 11) is 1.44. The van der Waals surface area contributed by atoms with E-state index in [1.54, 1.807) is 0 Å². The van der Waals surface area contributed by atoms with E-state index in [9.17, 15) is 0 Å². The first-order valence-corrected chi connectivity index (χ1v) is 4.82. The summed E-state index contributed by atoms with van der Waals surface area (Å²) in [5.41, 5.74) is 0. The van der Waals surface area contributed by atoms with Crippen LogP contribution >= 0.6 is 23.2 Å². The Kier molecular flexibility index (Phi) is 4.69. The topological polar surface area (TPSA) is 57.1 Å².